The zero-order valence-electron chi connectivity index (χ0n) is 12.9. The fourth-order valence-corrected chi connectivity index (χ4v) is 4.33. The van der Waals surface area contributed by atoms with Crippen molar-refractivity contribution in [3.63, 3.8) is 0 Å². The molecule has 3 nitrogen and oxygen atoms in total. The Morgan fingerprint density at radius 1 is 1.10 bits per heavy atom. The molecule has 1 fully saturated rings. The van der Waals surface area contributed by atoms with Crippen LogP contribution < -0.4 is 14.8 Å². The molecule has 21 heavy (non-hydrogen) atoms. The molecular weight excluding hydrogens is 262 g/mol. The zero-order chi connectivity index (χ0) is 14.2. The number of fused-ring (bicyclic) bond motifs is 2. The number of hydrogen-bond donors (Lipinski definition) is 1. The van der Waals surface area contributed by atoms with Crippen LogP contribution in [0.4, 0.5) is 0 Å². The molecule has 1 saturated carbocycles. The van der Waals surface area contributed by atoms with Crippen molar-refractivity contribution in [3.8, 4) is 11.5 Å². The lowest BCUT2D eigenvalue weighted by Gasteiger charge is -2.37. The highest BCUT2D eigenvalue weighted by Crippen LogP contribution is 2.44. The normalized spacial score (nSPS) is 31.0. The number of benzene rings is 1. The van der Waals surface area contributed by atoms with Crippen LogP contribution in [0.3, 0.4) is 0 Å². The molecule has 0 bridgehead atoms. The fourth-order valence-electron chi connectivity index (χ4n) is 4.33. The maximum Gasteiger partial charge on any atom is 0.231 e. The predicted molar refractivity (Wildman–Crippen MR) is 82.8 cm³/mol. The van der Waals surface area contributed by atoms with Gasteiger partial charge in [0.05, 0.1) is 0 Å². The van der Waals surface area contributed by atoms with Crippen molar-refractivity contribution in [1.29, 1.82) is 0 Å². The van der Waals surface area contributed by atoms with E-state index in [0.29, 0.717) is 12.8 Å². The molecule has 3 heteroatoms. The van der Waals surface area contributed by atoms with Crippen LogP contribution in [-0.4, -0.2) is 13.3 Å². The summed E-state index contributed by atoms with van der Waals surface area (Å²) in [5, 5.41) is 3.77. The Morgan fingerprint density at radius 2 is 1.86 bits per heavy atom. The maximum atomic E-state index is 5.58. The van der Waals surface area contributed by atoms with E-state index in [1.165, 1.54) is 43.2 Å². The van der Waals surface area contributed by atoms with Crippen LogP contribution in [0, 0.1) is 11.8 Å². The molecule has 1 unspecified atom stereocenters. The average molecular weight is 287 g/mol. The first kappa shape index (κ1) is 13.4. The predicted octanol–water partition coefficient (Wildman–Crippen LogP) is 3.82. The minimum Gasteiger partial charge on any atom is -0.454 e. The van der Waals surface area contributed by atoms with Crippen LogP contribution in [-0.2, 0) is 6.42 Å². The van der Waals surface area contributed by atoms with Gasteiger partial charge in [-0.05, 0) is 60.9 Å². The Hall–Kier alpha value is -1.22. The molecule has 2 heterocycles. The van der Waals surface area contributed by atoms with E-state index in [4.69, 9.17) is 9.47 Å². The summed E-state index contributed by atoms with van der Waals surface area (Å²) >= 11 is 0. The molecule has 0 spiro atoms. The number of ether oxygens (including phenoxy) is 2. The highest BCUT2D eigenvalue weighted by Gasteiger charge is 2.32. The summed E-state index contributed by atoms with van der Waals surface area (Å²) in [4.78, 5) is 0. The topological polar surface area (TPSA) is 30.5 Å². The summed E-state index contributed by atoms with van der Waals surface area (Å²) in [6, 6.07) is 4.96. The van der Waals surface area contributed by atoms with Gasteiger partial charge >= 0.3 is 0 Å². The first-order valence-electron chi connectivity index (χ1n) is 8.51. The highest BCUT2D eigenvalue weighted by atomic mass is 16.7. The van der Waals surface area contributed by atoms with Crippen molar-refractivity contribution in [1.82, 2.24) is 5.32 Å². The van der Waals surface area contributed by atoms with E-state index in [1.807, 2.05) is 0 Å². The maximum absolute atomic E-state index is 5.58. The van der Waals surface area contributed by atoms with Gasteiger partial charge in [0.1, 0.15) is 0 Å². The monoisotopic (exact) mass is 287 g/mol. The molecule has 0 radical (unpaired) electrons. The van der Waals surface area contributed by atoms with Crippen molar-refractivity contribution in [2.75, 3.05) is 13.3 Å². The summed E-state index contributed by atoms with van der Waals surface area (Å²) in [6.07, 6.45) is 7.99. The van der Waals surface area contributed by atoms with Crippen LogP contribution in [0.2, 0.25) is 0 Å². The van der Waals surface area contributed by atoms with Gasteiger partial charge in [-0.3, -0.25) is 0 Å². The van der Waals surface area contributed by atoms with Crippen molar-refractivity contribution in [3.05, 3.63) is 23.3 Å². The van der Waals surface area contributed by atoms with Crippen LogP contribution in [0.1, 0.15) is 56.2 Å². The third-order valence-corrected chi connectivity index (χ3v) is 5.67. The molecule has 114 valence electrons. The molecule has 0 saturated heterocycles. The summed E-state index contributed by atoms with van der Waals surface area (Å²) < 4.78 is 11.1. The Bertz CT molecular complexity index is 520. The Morgan fingerprint density at radius 3 is 2.62 bits per heavy atom. The van der Waals surface area contributed by atoms with Crippen molar-refractivity contribution in [2.45, 2.75) is 51.5 Å². The van der Waals surface area contributed by atoms with E-state index in [0.717, 1.165) is 36.3 Å². The minimum atomic E-state index is 0.373. The Kier molecular flexibility index (Phi) is 3.54. The van der Waals surface area contributed by atoms with Crippen LogP contribution in [0.15, 0.2) is 12.1 Å². The van der Waals surface area contributed by atoms with Crippen molar-refractivity contribution in [2.24, 2.45) is 11.8 Å². The van der Waals surface area contributed by atoms with Gasteiger partial charge in [-0.1, -0.05) is 26.2 Å². The molecular formula is C18H25NO2. The van der Waals surface area contributed by atoms with Gasteiger partial charge in [-0.25, -0.2) is 0 Å². The van der Waals surface area contributed by atoms with E-state index in [2.05, 4.69) is 24.4 Å². The molecule has 1 aliphatic carbocycles. The largest absolute Gasteiger partial charge is 0.454 e. The smallest absolute Gasteiger partial charge is 0.231 e. The van der Waals surface area contributed by atoms with E-state index in [9.17, 15) is 0 Å². The molecule has 0 aromatic heterocycles. The fraction of sp³-hybridized carbons (Fsp3) is 0.667. The molecule has 1 aromatic carbocycles. The summed E-state index contributed by atoms with van der Waals surface area (Å²) in [5.74, 6) is 3.61. The summed E-state index contributed by atoms with van der Waals surface area (Å²) in [7, 11) is 0. The second-order valence-electron chi connectivity index (χ2n) is 6.78. The number of rotatable bonds is 2. The molecule has 3 aliphatic rings. The zero-order valence-corrected chi connectivity index (χ0v) is 12.9. The van der Waals surface area contributed by atoms with E-state index >= 15 is 0 Å². The van der Waals surface area contributed by atoms with Crippen LogP contribution >= 0.6 is 0 Å². The Balaban J connectivity index is 1.59. The lowest BCUT2D eigenvalue weighted by molar-refractivity contribution is 0.174. The van der Waals surface area contributed by atoms with E-state index in [1.54, 1.807) is 0 Å². The van der Waals surface area contributed by atoms with Crippen molar-refractivity contribution >= 4 is 0 Å². The standard InChI is InChI=1S/C18H25NO2/c1-2-12-3-5-13(6-4-12)18-15-10-17-16(20-11-21-17)9-14(15)7-8-19-18/h9-10,12-13,18-19H,2-8,11H2,1H3. The van der Waals surface area contributed by atoms with Crippen LogP contribution in [0.25, 0.3) is 0 Å². The first-order valence-corrected chi connectivity index (χ1v) is 8.51. The van der Waals surface area contributed by atoms with Gasteiger partial charge in [0.15, 0.2) is 11.5 Å². The third kappa shape index (κ3) is 2.42. The summed E-state index contributed by atoms with van der Waals surface area (Å²) in [5.41, 5.74) is 2.92. The molecule has 2 aliphatic heterocycles. The minimum absolute atomic E-state index is 0.373. The van der Waals surface area contributed by atoms with Gasteiger partial charge in [-0.2, -0.15) is 0 Å². The molecule has 1 atom stereocenters. The van der Waals surface area contributed by atoms with Gasteiger partial charge in [0.25, 0.3) is 0 Å². The second kappa shape index (κ2) is 5.53. The second-order valence-corrected chi connectivity index (χ2v) is 6.78. The first-order chi connectivity index (χ1) is 10.3. The Labute approximate surface area is 127 Å². The van der Waals surface area contributed by atoms with E-state index < -0.39 is 0 Å². The van der Waals surface area contributed by atoms with Crippen molar-refractivity contribution < 1.29 is 9.47 Å². The van der Waals surface area contributed by atoms with Gasteiger partial charge in [-0.15, -0.1) is 0 Å². The highest BCUT2D eigenvalue weighted by molar-refractivity contribution is 5.50. The number of nitrogens with one attached hydrogen (secondary N) is 1. The lowest BCUT2D eigenvalue weighted by atomic mass is 9.74. The van der Waals surface area contributed by atoms with E-state index in [-0.39, 0.29) is 0 Å². The lowest BCUT2D eigenvalue weighted by Crippen LogP contribution is -2.36. The molecule has 0 amide bonds. The SMILES string of the molecule is CCC1CCC(C2NCCc3cc4c(cc32)OCO4)CC1. The summed E-state index contributed by atoms with van der Waals surface area (Å²) in [6.45, 7) is 3.79. The van der Waals surface area contributed by atoms with Gasteiger partial charge < -0.3 is 14.8 Å². The molecule has 1 N–H and O–H groups in total. The van der Waals surface area contributed by atoms with Gasteiger partial charge in [0, 0.05) is 6.04 Å². The average Bonchev–Trinajstić information content (AvgIpc) is 2.99. The molecule has 1 aromatic rings. The molecule has 4 rings (SSSR count). The van der Waals surface area contributed by atoms with Gasteiger partial charge in [0.2, 0.25) is 6.79 Å². The third-order valence-electron chi connectivity index (χ3n) is 5.67. The quantitative estimate of drug-likeness (QED) is 0.897. The number of hydrogen-bond acceptors (Lipinski definition) is 3. The van der Waals surface area contributed by atoms with Crippen LogP contribution in [0.5, 0.6) is 11.5 Å².